The summed E-state index contributed by atoms with van der Waals surface area (Å²) in [4.78, 5) is 26.7. The molecular weight excluding hydrogens is 430 g/mol. The number of rotatable bonds is 6. The average Bonchev–Trinajstić information content (AvgIpc) is 3.25. The summed E-state index contributed by atoms with van der Waals surface area (Å²) in [5.41, 5.74) is 1.44. The highest BCUT2D eigenvalue weighted by molar-refractivity contribution is 7.89. The number of nitrogens with one attached hydrogen (secondary N) is 1. The summed E-state index contributed by atoms with van der Waals surface area (Å²) >= 11 is 0. The van der Waals surface area contributed by atoms with Crippen LogP contribution in [0.25, 0.3) is 0 Å². The van der Waals surface area contributed by atoms with E-state index in [4.69, 9.17) is 4.74 Å². The number of methoxy groups -OCH3 is 1. The van der Waals surface area contributed by atoms with Crippen LogP contribution >= 0.6 is 0 Å². The fraction of sp³-hybridized carbons (Fsp3) is 0.391. The molecule has 0 aromatic heterocycles. The highest BCUT2D eigenvalue weighted by atomic mass is 32.2. The van der Waals surface area contributed by atoms with Gasteiger partial charge in [0, 0.05) is 37.4 Å². The van der Waals surface area contributed by atoms with E-state index in [1.54, 1.807) is 29.2 Å². The number of benzene rings is 2. The number of ether oxygens (including phenoxy) is 1. The van der Waals surface area contributed by atoms with Crippen LogP contribution in [0.5, 0.6) is 5.75 Å². The van der Waals surface area contributed by atoms with Crippen molar-refractivity contribution in [2.45, 2.75) is 30.6 Å². The fourth-order valence-corrected chi connectivity index (χ4v) is 5.69. The van der Waals surface area contributed by atoms with E-state index in [9.17, 15) is 18.0 Å². The first-order valence-electron chi connectivity index (χ1n) is 10.7. The number of carbonyl (C=O) groups is 2. The van der Waals surface area contributed by atoms with Crippen molar-refractivity contribution < 1.29 is 22.7 Å². The summed E-state index contributed by atoms with van der Waals surface area (Å²) in [6.45, 7) is 1.24. The second-order valence-corrected chi connectivity index (χ2v) is 10.0. The minimum atomic E-state index is -3.69. The van der Waals surface area contributed by atoms with Crippen LogP contribution in [0.1, 0.15) is 25.7 Å². The molecule has 1 atom stereocenters. The largest absolute Gasteiger partial charge is 0.497 e. The smallest absolute Gasteiger partial charge is 0.243 e. The van der Waals surface area contributed by atoms with Crippen molar-refractivity contribution in [2.75, 3.05) is 37.0 Å². The third-order valence-corrected chi connectivity index (χ3v) is 7.85. The number of sulfonamides is 1. The molecule has 1 N–H and O–H groups in total. The molecule has 170 valence electrons. The zero-order valence-corrected chi connectivity index (χ0v) is 18.8. The van der Waals surface area contributed by atoms with Crippen molar-refractivity contribution in [3.8, 4) is 5.75 Å². The molecule has 2 heterocycles. The number of hydrogen-bond donors (Lipinski definition) is 1. The Labute approximate surface area is 188 Å². The first kappa shape index (κ1) is 22.3. The van der Waals surface area contributed by atoms with Gasteiger partial charge in [-0.2, -0.15) is 4.31 Å². The Morgan fingerprint density at radius 3 is 2.38 bits per heavy atom. The van der Waals surface area contributed by atoms with Crippen molar-refractivity contribution in [3.63, 3.8) is 0 Å². The van der Waals surface area contributed by atoms with Crippen LogP contribution in [0.15, 0.2) is 53.4 Å². The lowest BCUT2D eigenvalue weighted by molar-refractivity contribution is -0.121. The predicted molar refractivity (Wildman–Crippen MR) is 121 cm³/mol. The van der Waals surface area contributed by atoms with Crippen LogP contribution in [0.3, 0.4) is 0 Å². The van der Waals surface area contributed by atoms with Crippen LogP contribution in [0.4, 0.5) is 11.4 Å². The molecule has 32 heavy (non-hydrogen) atoms. The molecule has 2 aromatic carbocycles. The monoisotopic (exact) mass is 457 g/mol. The third-order valence-electron chi connectivity index (χ3n) is 5.97. The summed E-state index contributed by atoms with van der Waals surface area (Å²) in [6.07, 6.45) is 2.66. The van der Waals surface area contributed by atoms with Crippen molar-refractivity contribution in [1.82, 2.24) is 4.31 Å². The maximum atomic E-state index is 13.0. The Kier molecular flexibility index (Phi) is 6.48. The molecule has 2 amide bonds. The minimum Gasteiger partial charge on any atom is -0.497 e. The van der Waals surface area contributed by atoms with Crippen molar-refractivity contribution >= 4 is 33.2 Å². The highest BCUT2D eigenvalue weighted by Crippen LogP contribution is 2.27. The Morgan fingerprint density at radius 1 is 1.03 bits per heavy atom. The fourth-order valence-electron chi connectivity index (χ4n) is 4.16. The topological polar surface area (TPSA) is 96.0 Å². The molecular formula is C23H27N3O5S. The number of amides is 2. The van der Waals surface area contributed by atoms with Gasteiger partial charge in [-0.25, -0.2) is 8.42 Å². The quantitative estimate of drug-likeness (QED) is 0.720. The van der Waals surface area contributed by atoms with E-state index in [-0.39, 0.29) is 23.3 Å². The van der Waals surface area contributed by atoms with Gasteiger partial charge in [-0.15, -0.1) is 0 Å². The number of nitrogens with zero attached hydrogens (tertiary/aromatic N) is 2. The number of hydrogen-bond acceptors (Lipinski definition) is 5. The van der Waals surface area contributed by atoms with E-state index < -0.39 is 15.9 Å². The summed E-state index contributed by atoms with van der Waals surface area (Å²) in [5.74, 6) is 0.0587. The van der Waals surface area contributed by atoms with Crippen molar-refractivity contribution in [1.29, 1.82) is 0 Å². The Bertz CT molecular complexity index is 1080. The lowest BCUT2D eigenvalue weighted by Gasteiger charge is -2.31. The SMILES string of the molecule is COc1ccc(S(=O)(=O)N2CCCC(C(=O)Nc3ccc(N4CCCC4=O)cc3)C2)cc1. The summed E-state index contributed by atoms with van der Waals surface area (Å²) in [7, 11) is -2.16. The van der Waals surface area contributed by atoms with E-state index in [1.807, 2.05) is 12.1 Å². The Morgan fingerprint density at radius 2 is 1.75 bits per heavy atom. The van der Waals surface area contributed by atoms with Crippen molar-refractivity contribution in [2.24, 2.45) is 5.92 Å². The molecule has 1 unspecified atom stereocenters. The van der Waals surface area contributed by atoms with Crippen LogP contribution in [-0.4, -0.2) is 51.3 Å². The molecule has 8 nitrogen and oxygen atoms in total. The lowest BCUT2D eigenvalue weighted by atomic mass is 9.98. The molecule has 2 aliphatic rings. The standard InChI is InChI=1S/C23H27N3O5S/c1-31-20-10-12-21(13-11-20)32(29,30)25-14-2-4-17(16-25)23(28)24-18-6-8-19(9-7-18)26-15-3-5-22(26)27/h6-13,17H,2-5,14-16H2,1H3,(H,24,28). The maximum Gasteiger partial charge on any atom is 0.243 e. The Balaban J connectivity index is 1.40. The lowest BCUT2D eigenvalue weighted by Crippen LogP contribution is -2.43. The van der Waals surface area contributed by atoms with Gasteiger partial charge in [0.05, 0.1) is 17.9 Å². The zero-order valence-electron chi connectivity index (χ0n) is 18.0. The van der Waals surface area contributed by atoms with Gasteiger partial charge < -0.3 is 15.0 Å². The van der Waals surface area contributed by atoms with Gasteiger partial charge in [0.25, 0.3) is 0 Å². The van der Waals surface area contributed by atoms with Gasteiger partial charge >= 0.3 is 0 Å². The normalized spacial score (nSPS) is 19.7. The van der Waals surface area contributed by atoms with E-state index in [1.165, 1.54) is 23.5 Å². The van der Waals surface area contributed by atoms with Gasteiger partial charge in [0.2, 0.25) is 21.8 Å². The third kappa shape index (κ3) is 4.63. The minimum absolute atomic E-state index is 0.113. The number of anilines is 2. The van der Waals surface area contributed by atoms with Gasteiger partial charge in [0.1, 0.15) is 5.75 Å². The first-order valence-corrected chi connectivity index (χ1v) is 12.2. The van der Waals surface area contributed by atoms with Gasteiger partial charge in [0.15, 0.2) is 0 Å². The van der Waals surface area contributed by atoms with Crippen LogP contribution in [-0.2, 0) is 19.6 Å². The van der Waals surface area contributed by atoms with Crippen LogP contribution < -0.4 is 15.0 Å². The maximum absolute atomic E-state index is 13.0. The van der Waals surface area contributed by atoms with Crippen LogP contribution in [0.2, 0.25) is 0 Å². The zero-order chi connectivity index (χ0) is 22.7. The average molecular weight is 458 g/mol. The first-order chi connectivity index (χ1) is 15.4. The molecule has 4 rings (SSSR count). The van der Waals surface area contributed by atoms with Gasteiger partial charge in [-0.05, 0) is 67.8 Å². The molecule has 0 radical (unpaired) electrons. The molecule has 2 aromatic rings. The Hall–Kier alpha value is -2.91. The van der Waals surface area contributed by atoms with Crippen molar-refractivity contribution in [3.05, 3.63) is 48.5 Å². The number of carbonyl (C=O) groups excluding carboxylic acids is 2. The molecule has 0 saturated carbocycles. The summed E-state index contributed by atoms with van der Waals surface area (Å²) in [6, 6.07) is 13.4. The molecule has 0 bridgehead atoms. The van der Waals surface area contributed by atoms with E-state index in [2.05, 4.69) is 5.32 Å². The highest BCUT2D eigenvalue weighted by Gasteiger charge is 2.33. The van der Waals surface area contributed by atoms with Gasteiger partial charge in [-0.1, -0.05) is 0 Å². The molecule has 0 spiro atoms. The molecule has 2 aliphatic heterocycles. The second-order valence-electron chi connectivity index (χ2n) is 8.06. The van der Waals surface area contributed by atoms with E-state index in [0.717, 1.165) is 12.1 Å². The van der Waals surface area contributed by atoms with Crippen LogP contribution in [0, 0.1) is 5.92 Å². The molecule has 2 saturated heterocycles. The number of piperidine rings is 1. The summed E-state index contributed by atoms with van der Waals surface area (Å²) in [5, 5.41) is 2.89. The predicted octanol–water partition coefficient (Wildman–Crippen LogP) is 2.86. The summed E-state index contributed by atoms with van der Waals surface area (Å²) < 4.78 is 32.5. The molecule has 0 aliphatic carbocycles. The van der Waals surface area contributed by atoms with E-state index in [0.29, 0.717) is 43.8 Å². The van der Waals surface area contributed by atoms with Gasteiger partial charge in [-0.3, -0.25) is 9.59 Å². The molecule has 2 fully saturated rings. The second kappa shape index (κ2) is 9.30. The van der Waals surface area contributed by atoms with E-state index >= 15 is 0 Å². The molecule has 9 heteroatoms.